The lowest BCUT2D eigenvalue weighted by Gasteiger charge is -2.13. The molecule has 2 bridgehead atoms. The molecule has 3 rings (SSSR count). The summed E-state index contributed by atoms with van der Waals surface area (Å²) in [5, 5.41) is -0.513. The van der Waals surface area contributed by atoms with Gasteiger partial charge in [-0.3, -0.25) is 0 Å². The minimum Gasteiger partial charge on any atom is -0.450 e. The average molecular weight is 314 g/mol. The first-order valence-corrected chi connectivity index (χ1v) is 7.97. The van der Waals surface area contributed by atoms with Crippen molar-refractivity contribution in [2.24, 2.45) is 11.8 Å². The van der Waals surface area contributed by atoms with Gasteiger partial charge in [0.05, 0.1) is 0 Å². The van der Waals surface area contributed by atoms with Crippen LogP contribution in [0.4, 0.5) is 0 Å². The number of hydrogen-bond acceptors (Lipinski definition) is 7. The Bertz CT molecular complexity index is 673. The van der Waals surface area contributed by atoms with Gasteiger partial charge in [-0.15, -0.1) is 0 Å². The first-order valence-electron chi connectivity index (χ1n) is 6.50. The normalized spacial score (nSPS) is 31.0. The number of carbonyl (C=O) groups is 2. The van der Waals surface area contributed by atoms with Gasteiger partial charge in [0.1, 0.15) is 5.25 Å². The van der Waals surface area contributed by atoms with Gasteiger partial charge in [0.15, 0.2) is 18.1 Å². The summed E-state index contributed by atoms with van der Waals surface area (Å²) in [4.78, 5) is 22.8. The van der Waals surface area contributed by atoms with E-state index < -0.39 is 33.9 Å². The van der Waals surface area contributed by atoms with Crippen LogP contribution in [0.15, 0.2) is 23.7 Å². The Hall–Kier alpha value is -1.83. The van der Waals surface area contributed by atoms with Gasteiger partial charge < -0.3 is 13.7 Å². The topological polar surface area (TPSA) is 96.0 Å². The second-order valence-corrected chi connectivity index (χ2v) is 7.21. The Kier molecular flexibility index (Phi) is 3.09. The lowest BCUT2D eigenvalue weighted by Crippen LogP contribution is -2.21. The molecule has 0 N–H and O–H groups in total. The Balaban J connectivity index is 1.67. The molecule has 0 aromatic rings. The van der Waals surface area contributed by atoms with Crippen LogP contribution in [-0.2, 0) is 33.4 Å². The molecule has 0 spiro atoms. The lowest BCUT2D eigenvalue weighted by molar-refractivity contribution is -0.154. The number of esters is 2. The maximum absolute atomic E-state index is 11.7. The summed E-state index contributed by atoms with van der Waals surface area (Å²) in [6, 6.07) is 0. The van der Waals surface area contributed by atoms with E-state index in [2.05, 4.69) is 11.3 Å². The van der Waals surface area contributed by atoms with Crippen LogP contribution in [0.1, 0.15) is 19.8 Å². The van der Waals surface area contributed by atoms with Gasteiger partial charge in [-0.25, -0.2) is 9.59 Å². The monoisotopic (exact) mass is 314 g/mol. The standard InChI is InChI=1S/C13H14O7S/c1-6(2)13(15)18-5-10(14)19-11-7-3-8-9(4-7)21(16,17)20-12(8)11/h7-9H,1,3-5H2,2H3. The fourth-order valence-corrected chi connectivity index (χ4v) is 4.70. The summed E-state index contributed by atoms with van der Waals surface area (Å²) in [5.41, 5.74) is 0.179. The molecule has 2 aliphatic carbocycles. The second kappa shape index (κ2) is 4.59. The SMILES string of the molecule is C=C(C)C(=O)OCC(=O)OC1=C2OS(=O)(=O)C3CC1CC23. The molecule has 1 aliphatic heterocycles. The maximum Gasteiger partial charge on any atom is 0.349 e. The Labute approximate surface area is 121 Å². The molecule has 3 atom stereocenters. The van der Waals surface area contributed by atoms with Gasteiger partial charge in [0, 0.05) is 17.4 Å². The molecule has 114 valence electrons. The first kappa shape index (κ1) is 14.1. The highest BCUT2D eigenvalue weighted by Gasteiger charge is 2.60. The molecule has 3 unspecified atom stereocenters. The average Bonchev–Trinajstić information content (AvgIpc) is 2.99. The number of rotatable bonds is 4. The van der Waals surface area contributed by atoms with Gasteiger partial charge in [-0.2, -0.15) is 8.42 Å². The zero-order valence-corrected chi connectivity index (χ0v) is 12.1. The predicted molar refractivity (Wildman–Crippen MR) is 68.9 cm³/mol. The van der Waals surface area contributed by atoms with E-state index in [-0.39, 0.29) is 28.9 Å². The smallest absolute Gasteiger partial charge is 0.349 e. The molecule has 1 saturated heterocycles. The molecule has 0 aromatic heterocycles. The van der Waals surface area contributed by atoms with Crippen LogP contribution >= 0.6 is 0 Å². The Morgan fingerprint density at radius 2 is 2.10 bits per heavy atom. The van der Waals surface area contributed by atoms with Gasteiger partial charge >= 0.3 is 22.1 Å². The van der Waals surface area contributed by atoms with Crippen molar-refractivity contribution >= 4 is 22.1 Å². The van der Waals surface area contributed by atoms with Gasteiger partial charge in [-0.1, -0.05) is 6.58 Å². The van der Waals surface area contributed by atoms with E-state index in [1.165, 1.54) is 6.92 Å². The van der Waals surface area contributed by atoms with E-state index in [1.807, 2.05) is 0 Å². The highest BCUT2D eigenvalue weighted by molar-refractivity contribution is 7.87. The molecular weight excluding hydrogens is 300 g/mol. The third-order valence-electron chi connectivity index (χ3n) is 3.92. The Morgan fingerprint density at radius 3 is 2.76 bits per heavy atom. The van der Waals surface area contributed by atoms with E-state index in [0.29, 0.717) is 12.8 Å². The maximum atomic E-state index is 11.7. The largest absolute Gasteiger partial charge is 0.450 e. The zero-order chi connectivity index (χ0) is 15.4. The van der Waals surface area contributed by atoms with Crippen LogP contribution in [0.25, 0.3) is 0 Å². The fourth-order valence-electron chi connectivity index (χ4n) is 3.02. The number of ether oxygens (including phenoxy) is 2. The third kappa shape index (κ3) is 2.23. The predicted octanol–water partition coefficient (Wildman–Crippen LogP) is 0.629. The van der Waals surface area contributed by atoms with Crippen molar-refractivity contribution in [1.82, 2.24) is 0 Å². The molecule has 8 heteroatoms. The molecule has 0 radical (unpaired) electrons. The lowest BCUT2D eigenvalue weighted by atomic mass is 10.0. The van der Waals surface area contributed by atoms with Crippen molar-refractivity contribution in [1.29, 1.82) is 0 Å². The Morgan fingerprint density at radius 1 is 1.38 bits per heavy atom. The van der Waals surface area contributed by atoms with Crippen LogP contribution in [-0.4, -0.2) is 32.2 Å². The summed E-state index contributed by atoms with van der Waals surface area (Å²) >= 11 is 0. The molecule has 3 aliphatic rings. The van der Waals surface area contributed by atoms with Gasteiger partial charge in [0.25, 0.3) is 0 Å². The molecule has 2 fully saturated rings. The summed E-state index contributed by atoms with van der Waals surface area (Å²) in [6.45, 7) is 4.31. The van der Waals surface area contributed by atoms with Crippen molar-refractivity contribution in [3.8, 4) is 0 Å². The molecule has 21 heavy (non-hydrogen) atoms. The van der Waals surface area contributed by atoms with Crippen molar-refractivity contribution in [2.75, 3.05) is 6.61 Å². The third-order valence-corrected chi connectivity index (χ3v) is 5.60. The molecule has 0 amide bonds. The van der Waals surface area contributed by atoms with E-state index >= 15 is 0 Å². The number of fused-ring (bicyclic) bond motifs is 1. The molecule has 7 nitrogen and oxygen atoms in total. The molecular formula is C13H14O7S. The fraction of sp³-hybridized carbons (Fsp3) is 0.538. The zero-order valence-electron chi connectivity index (χ0n) is 11.3. The van der Waals surface area contributed by atoms with Crippen LogP contribution in [0.2, 0.25) is 0 Å². The van der Waals surface area contributed by atoms with E-state index in [0.717, 1.165) is 0 Å². The van der Waals surface area contributed by atoms with E-state index in [9.17, 15) is 18.0 Å². The minimum absolute atomic E-state index is 0.118. The van der Waals surface area contributed by atoms with Gasteiger partial charge in [-0.05, 0) is 19.8 Å². The van der Waals surface area contributed by atoms with Crippen LogP contribution in [0.5, 0.6) is 0 Å². The minimum atomic E-state index is -3.58. The molecule has 1 saturated carbocycles. The summed E-state index contributed by atoms with van der Waals surface area (Å²) in [6.07, 6.45) is 1.03. The highest BCUT2D eigenvalue weighted by Crippen LogP contribution is 2.56. The summed E-state index contributed by atoms with van der Waals surface area (Å²) < 4.78 is 38.2. The van der Waals surface area contributed by atoms with Crippen LogP contribution in [0, 0.1) is 11.8 Å². The number of carbonyl (C=O) groups excluding carboxylic acids is 2. The first-order chi connectivity index (χ1) is 9.79. The van der Waals surface area contributed by atoms with Gasteiger partial charge in [0.2, 0.25) is 0 Å². The van der Waals surface area contributed by atoms with Crippen molar-refractivity contribution in [2.45, 2.75) is 25.0 Å². The summed E-state index contributed by atoms with van der Waals surface area (Å²) in [5.74, 6) is -1.25. The van der Waals surface area contributed by atoms with Crippen molar-refractivity contribution < 1.29 is 31.7 Å². The van der Waals surface area contributed by atoms with Crippen molar-refractivity contribution in [3.63, 3.8) is 0 Å². The second-order valence-electron chi connectivity index (χ2n) is 5.45. The van der Waals surface area contributed by atoms with Crippen molar-refractivity contribution in [3.05, 3.63) is 23.7 Å². The molecule has 1 heterocycles. The number of allylic oxidation sites excluding steroid dienone is 2. The van der Waals surface area contributed by atoms with Crippen LogP contribution in [0.3, 0.4) is 0 Å². The quantitative estimate of drug-likeness (QED) is 0.426. The van der Waals surface area contributed by atoms with E-state index in [4.69, 9.17) is 8.92 Å². The van der Waals surface area contributed by atoms with E-state index in [1.54, 1.807) is 0 Å². The van der Waals surface area contributed by atoms with Crippen LogP contribution < -0.4 is 0 Å². The summed E-state index contributed by atoms with van der Waals surface area (Å²) in [7, 11) is -3.58. The molecule has 0 aromatic carbocycles. The number of hydrogen-bond donors (Lipinski definition) is 0. The highest BCUT2D eigenvalue weighted by atomic mass is 32.2.